The van der Waals surface area contributed by atoms with Crippen LogP contribution in [0.2, 0.25) is 0 Å². The van der Waals surface area contributed by atoms with Gasteiger partial charge in [0.15, 0.2) is 5.41 Å². The summed E-state index contributed by atoms with van der Waals surface area (Å²) < 4.78 is 5.03. The van der Waals surface area contributed by atoms with Gasteiger partial charge in [-0.3, -0.25) is 19.7 Å². The molecule has 29 heavy (non-hydrogen) atoms. The molecule has 2 N–H and O–H groups in total. The number of carboxylic acids is 1. The number of carbonyl (C=O) groups excluding carboxylic acids is 2. The van der Waals surface area contributed by atoms with E-state index in [-0.39, 0.29) is 38.3 Å². The monoisotopic (exact) mass is 406 g/mol. The van der Waals surface area contributed by atoms with E-state index in [1.54, 1.807) is 17.9 Å². The molecule has 1 fully saturated rings. The Kier molecular flexibility index (Phi) is 5.31. The summed E-state index contributed by atoms with van der Waals surface area (Å²) in [6.45, 7) is 2.37. The molecule has 0 radical (unpaired) electrons. The second-order valence-corrected chi connectivity index (χ2v) is 6.96. The number of anilines is 1. The van der Waals surface area contributed by atoms with Crippen molar-refractivity contribution < 1.29 is 29.2 Å². The quantitative estimate of drug-likeness (QED) is 0.421. The Morgan fingerprint density at radius 2 is 2.10 bits per heavy atom. The maximum atomic E-state index is 12.8. The summed E-state index contributed by atoms with van der Waals surface area (Å²) in [5.74, 6) is -2.07. The molecule has 156 valence electrons. The van der Waals surface area contributed by atoms with Crippen LogP contribution in [0.1, 0.15) is 12.5 Å². The van der Waals surface area contributed by atoms with Crippen molar-refractivity contribution in [2.45, 2.75) is 19.4 Å². The van der Waals surface area contributed by atoms with E-state index in [2.05, 4.69) is 5.32 Å². The number of non-ortho nitro benzene ring substituents is 1. The summed E-state index contributed by atoms with van der Waals surface area (Å²) in [5, 5.41) is 23.7. The van der Waals surface area contributed by atoms with Crippen molar-refractivity contribution in [3.8, 4) is 0 Å². The lowest BCUT2D eigenvalue weighted by Gasteiger charge is -2.52. The van der Waals surface area contributed by atoms with Crippen LogP contribution in [0.4, 0.5) is 16.2 Å². The third kappa shape index (κ3) is 3.22. The van der Waals surface area contributed by atoms with Gasteiger partial charge in [-0.05, 0) is 18.6 Å². The summed E-state index contributed by atoms with van der Waals surface area (Å²) in [5.41, 5.74) is -1.05. The van der Waals surface area contributed by atoms with E-state index in [0.717, 1.165) is 0 Å². The second kappa shape index (κ2) is 7.57. The van der Waals surface area contributed by atoms with E-state index >= 15 is 0 Å². The van der Waals surface area contributed by atoms with E-state index in [1.165, 1.54) is 24.1 Å². The standard InChI is InChI=1S/C18H22N4O7/c1-3-29-17(26)20-6-7-21-13-5-4-12(22(27)28)8-11(13)9-18(16(24)25,14(21)10-20)15(23)19-2/h4-5,8,14H,3,6-7,9-10H2,1-2H3,(H,19,23)(H,24,25). The molecule has 1 aromatic rings. The van der Waals surface area contributed by atoms with Crippen molar-refractivity contribution in [1.82, 2.24) is 10.2 Å². The lowest BCUT2D eigenvalue weighted by Crippen LogP contribution is -2.69. The van der Waals surface area contributed by atoms with Gasteiger partial charge >= 0.3 is 12.1 Å². The molecule has 2 atom stereocenters. The van der Waals surface area contributed by atoms with Crippen LogP contribution in [-0.2, 0) is 20.7 Å². The Bertz CT molecular complexity index is 874. The molecule has 0 saturated carbocycles. The SMILES string of the molecule is CCOC(=O)N1CCN2c3ccc([N+](=O)[O-])cc3CC(C(=O)O)(C(=O)NC)C2C1. The number of hydrogen-bond donors (Lipinski definition) is 2. The first-order valence-electron chi connectivity index (χ1n) is 9.17. The molecule has 2 aliphatic rings. The fourth-order valence-electron chi connectivity index (χ4n) is 4.17. The molecule has 1 aromatic carbocycles. The van der Waals surface area contributed by atoms with Crippen molar-refractivity contribution in [2.75, 3.05) is 38.2 Å². The van der Waals surface area contributed by atoms with Crippen molar-refractivity contribution in [2.24, 2.45) is 5.41 Å². The van der Waals surface area contributed by atoms with Gasteiger partial charge in [0.1, 0.15) is 0 Å². The number of rotatable bonds is 4. The Hall–Kier alpha value is -3.37. The van der Waals surface area contributed by atoms with Crippen LogP contribution in [-0.4, -0.2) is 72.2 Å². The van der Waals surface area contributed by atoms with Gasteiger partial charge in [-0.15, -0.1) is 0 Å². The maximum absolute atomic E-state index is 12.8. The molecule has 2 unspecified atom stereocenters. The van der Waals surface area contributed by atoms with Crippen LogP contribution < -0.4 is 10.2 Å². The zero-order valence-corrected chi connectivity index (χ0v) is 16.1. The van der Waals surface area contributed by atoms with Crippen LogP contribution in [0.15, 0.2) is 18.2 Å². The minimum atomic E-state index is -1.91. The van der Waals surface area contributed by atoms with Crippen LogP contribution in [0, 0.1) is 15.5 Å². The summed E-state index contributed by atoms with van der Waals surface area (Å²) >= 11 is 0. The third-order valence-corrected chi connectivity index (χ3v) is 5.54. The highest BCUT2D eigenvalue weighted by atomic mass is 16.6. The van der Waals surface area contributed by atoms with Gasteiger partial charge in [0.05, 0.1) is 17.6 Å². The number of carbonyl (C=O) groups is 3. The number of carboxylic acid groups (broad SMARTS) is 1. The van der Waals surface area contributed by atoms with Gasteiger partial charge in [-0.2, -0.15) is 0 Å². The van der Waals surface area contributed by atoms with Crippen molar-refractivity contribution in [3.05, 3.63) is 33.9 Å². The van der Waals surface area contributed by atoms with Gasteiger partial charge < -0.3 is 25.0 Å². The number of nitrogens with zero attached hydrogens (tertiary/aromatic N) is 3. The highest BCUT2D eigenvalue weighted by molar-refractivity contribution is 6.04. The van der Waals surface area contributed by atoms with Gasteiger partial charge in [0.2, 0.25) is 5.91 Å². The predicted octanol–water partition coefficient (Wildman–Crippen LogP) is 0.615. The van der Waals surface area contributed by atoms with Crippen LogP contribution in [0.25, 0.3) is 0 Å². The molecule has 2 amide bonds. The maximum Gasteiger partial charge on any atom is 0.409 e. The average molecular weight is 406 g/mol. The lowest BCUT2D eigenvalue weighted by molar-refractivity contribution is -0.384. The van der Waals surface area contributed by atoms with E-state index < -0.39 is 34.3 Å². The molecule has 0 bridgehead atoms. The Morgan fingerprint density at radius 1 is 1.38 bits per heavy atom. The number of aliphatic carboxylic acids is 1. The number of fused-ring (bicyclic) bond motifs is 3. The number of nitro benzene ring substituents is 1. The van der Waals surface area contributed by atoms with Gasteiger partial charge in [0, 0.05) is 50.9 Å². The second-order valence-electron chi connectivity index (χ2n) is 6.96. The highest BCUT2D eigenvalue weighted by Gasteiger charge is 2.59. The molecule has 0 spiro atoms. The first-order valence-corrected chi connectivity index (χ1v) is 9.17. The number of piperazine rings is 1. The van der Waals surface area contributed by atoms with E-state index in [4.69, 9.17) is 4.74 Å². The summed E-state index contributed by atoms with van der Waals surface area (Å²) in [6.07, 6.45) is -0.797. The first kappa shape index (κ1) is 20.4. The van der Waals surface area contributed by atoms with Crippen LogP contribution in [0.5, 0.6) is 0 Å². The zero-order valence-electron chi connectivity index (χ0n) is 16.1. The lowest BCUT2D eigenvalue weighted by atomic mass is 9.69. The minimum absolute atomic E-state index is 0.0189. The molecule has 11 heteroatoms. The summed E-state index contributed by atoms with van der Waals surface area (Å²) in [4.78, 5) is 51.2. The van der Waals surface area contributed by atoms with Crippen LogP contribution in [0.3, 0.4) is 0 Å². The van der Waals surface area contributed by atoms with Gasteiger partial charge in [-0.1, -0.05) is 0 Å². The van der Waals surface area contributed by atoms with Crippen molar-refractivity contribution in [3.63, 3.8) is 0 Å². The molecule has 2 aliphatic heterocycles. The predicted molar refractivity (Wildman–Crippen MR) is 101 cm³/mol. The molecular formula is C18H22N4O7. The molecule has 3 rings (SSSR count). The average Bonchev–Trinajstić information content (AvgIpc) is 2.71. The summed E-state index contributed by atoms with van der Waals surface area (Å²) in [7, 11) is 1.34. The number of amides is 2. The number of hydrogen-bond acceptors (Lipinski definition) is 7. The molecule has 0 aliphatic carbocycles. The topological polar surface area (TPSA) is 142 Å². The molecule has 0 aromatic heterocycles. The number of ether oxygens (including phenoxy) is 1. The highest BCUT2D eigenvalue weighted by Crippen LogP contribution is 2.44. The Balaban J connectivity index is 2.12. The van der Waals surface area contributed by atoms with Gasteiger partial charge in [0.25, 0.3) is 5.69 Å². The fraction of sp³-hybridized carbons (Fsp3) is 0.500. The molecule has 1 saturated heterocycles. The Morgan fingerprint density at radius 3 is 2.69 bits per heavy atom. The molecule has 11 nitrogen and oxygen atoms in total. The van der Waals surface area contributed by atoms with Crippen molar-refractivity contribution in [1.29, 1.82) is 0 Å². The number of nitro groups is 1. The number of nitrogens with one attached hydrogen (secondary N) is 1. The number of benzene rings is 1. The van der Waals surface area contributed by atoms with E-state index in [1.807, 2.05) is 0 Å². The largest absolute Gasteiger partial charge is 0.480 e. The zero-order chi connectivity index (χ0) is 21.3. The third-order valence-electron chi connectivity index (χ3n) is 5.54. The van der Waals surface area contributed by atoms with Gasteiger partial charge in [-0.25, -0.2) is 4.79 Å². The molecule has 2 heterocycles. The summed E-state index contributed by atoms with van der Waals surface area (Å²) in [6, 6.07) is 3.37. The van der Waals surface area contributed by atoms with Crippen LogP contribution >= 0.6 is 0 Å². The Labute approximate surface area is 166 Å². The van der Waals surface area contributed by atoms with E-state index in [9.17, 15) is 29.6 Å². The first-order chi connectivity index (χ1) is 13.8. The smallest absolute Gasteiger partial charge is 0.409 e. The minimum Gasteiger partial charge on any atom is -0.480 e. The van der Waals surface area contributed by atoms with E-state index in [0.29, 0.717) is 11.3 Å². The van der Waals surface area contributed by atoms with Crippen molar-refractivity contribution >= 4 is 29.3 Å². The fourth-order valence-corrected chi connectivity index (χ4v) is 4.17. The molecular weight excluding hydrogens is 384 g/mol. The normalized spacial score (nSPS) is 22.9.